The van der Waals surface area contributed by atoms with Crippen molar-refractivity contribution in [2.24, 2.45) is 5.92 Å². The summed E-state index contributed by atoms with van der Waals surface area (Å²) in [5, 5.41) is 11.8. The van der Waals surface area contributed by atoms with Crippen molar-refractivity contribution in [2.45, 2.75) is 33.2 Å². The number of ether oxygens (including phenoxy) is 1. The number of carboxylic acids is 1. The van der Waals surface area contributed by atoms with E-state index in [9.17, 15) is 14.4 Å². The third-order valence-electron chi connectivity index (χ3n) is 3.01. The van der Waals surface area contributed by atoms with Crippen LogP contribution in [0.1, 0.15) is 33.2 Å². The third-order valence-corrected chi connectivity index (χ3v) is 3.01. The molecule has 0 saturated carbocycles. The van der Waals surface area contributed by atoms with Crippen LogP contribution >= 0.6 is 0 Å². The standard InChI is InChI=1S/C15H22N2O5/c1-4-11(15(20)21)17-7-5-6-12(14(17)19)22-9-13(18)16-8-10(2)3/h5-7,10-11H,4,8-9H2,1-3H3,(H,16,18)(H,20,21). The number of aromatic nitrogens is 1. The molecule has 1 amide bonds. The summed E-state index contributed by atoms with van der Waals surface area (Å²) in [5.74, 6) is -1.13. The van der Waals surface area contributed by atoms with Crippen molar-refractivity contribution in [3.8, 4) is 5.75 Å². The summed E-state index contributed by atoms with van der Waals surface area (Å²) < 4.78 is 6.31. The number of nitrogens with one attached hydrogen (secondary N) is 1. The van der Waals surface area contributed by atoms with Gasteiger partial charge >= 0.3 is 5.97 Å². The molecule has 0 bridgehead atoms. The molecule has 1 aromatic rings. The van der Waals surface area contributed by atoms with Crippen LogP contribution in [0.5, 0.6) is 5.75 Å². The van der Waals surface area contributed by atoms with Gasteiger partial charge in [0.25, 0.3) is 11.5 Å². The Hall–Kier alpha value is -2.31. The maximum absolute atomic E-state index is 12.2. The number of nitrogens with zero attached hydrogens (tertiary/aromatic N) is 1. The second-order valence-electron chi connectivity index (χ2n) is 5.33. The Kier molecular flexibility index (Phi) is 6.62. The first-order valence-electron chi connectivity index (χ1n) is 7.20. The molecule has 122 valence electrons. The van der Waals surface area contributed by atoms with Gasteiger partial charge in [-0.15, -0.1) is 0 Å². The van der Waals surface area contributed by atoms with E-state index in [0.29, 0.717) is 12.5 Å². The van der Waals surface area contributed by atoms with Gasteiger partial charge in [0.2, 0.25) is 0 Å². The van der Waals surface area contributed by atoms with Crippen molar-refractivity contribution in [3.63, 3.8) is 0 Å². The predicted molar refractivity (Wildman–Crippen MR) is 81.0 cm³/mol. The van der Waals surface area contributed by atoms with Gasteiger partial charge in [0, 0.05) is 12.7 Å². The Labute approximate surface area is 128 Å². The van der Waals surface area contributed by atoms with Gasteiger partial charge in [-0.05, 0) is 24.5 Å². The Morgan fingerprint density at radius 3 is 2.64 bits per heavy atom. The molecule has 0 aliphatic heterocycles. The minimum Gasteiger partial charge on any atom is -0.480 e. The number of aliphatic carboxylic acids is 1. The fourth-order valence-electron chi connectivity index (χ4n) is 1.85. The Morgan fingerprint density at radius 2 is 2.09 bits per heavy atom. The first kappa shape index (κ1) is 17.7. The van der Waals surface area contributed by atoms with E-state index in [0.717, 1.165) is 4.57 Å². The molecule has 1 aromatic heterocycles. The van der Waals surface area contributed by atoms with Crippen LogP contribution in [0.2, 0.25) is 0 Å². The number of hydrogen-bond donors (Lipinski definition) is 2. The van der Waals surface area contributed by atoms with E-state index in [1.165, 1.54) is 18.3 Å². The monoisotopic (exact) mass is 310 g/mol. The molecule has 0 aliphatic carbocycles. The maximum atomic E-state index is 12.2. The minimum absolute atomic E-state index is 0.0399. The Morgan fingerprint density at radius 1 is 1.41 bits per heavy atom. The van der Waals surface area contributed by atoms with Crippen LogP contribution in [0.4, 0.5) is 0 Å². The molecule has 2 N–H and O–H groups in total. The van der Waals surface area contributed by atoms with Gasteiger partial charge in [0.1, 0.15) is 6.04 Å². The lowest BCUT2D eigenvalue weighted by Gasteiger charge is -2.15. The third kappa shape index (κ3) is 4.91. The SMILES string of the molecule is CCC(C(=O)O)n1cccc(OCC(=O)NCC(C)C)c1=O. The molecule has 1 atom stereocenters. The fraction of sp³-hybridized carbons (Fsp3) is 0.533. The second-order valence-corrected chi connectivity index (χ2v) is 5.33. The summed E-state index contributed by atoms with van der Waals surface area (Å²) in [6.07, 6.45) is 1.67. The average Bonchev–Trinajstić information content (AvgIpc) is 2.46. The molecule has 1 rings (SSSR count). The van der Waals surface area contributed by atoms with Crippen LogP contribution in [0.15, 0.2) is 23.1 Å². The van der Waals surface area contributed by atoms with Gasteiger partial charge in [-0.2, -0.15) is 0 Å². The van der Waals surface area contributed by atoms with Crippen LogP contribution in [-0.2, 0) is 9.59 Å². The lowest BCUT2D eigenvalue weighted by Crippen LogP contribution is -2.34. The van der Waals surface area contributed by atoms with Crippen molar-refractivity contribution >= 4 is 11.9 Å². The van der Waals surface area contributed by atoms with Crippen molar-refractivity contribution in [3.05, 3.63) is 28.7 Å². The van der Waals surface area contributed by atoms with E-state index < -0.39 is 17.6 Å². The molecular formula is C15H22N2O5. The Bertz CT molecular complexity index is 580. The summed E-state index contributed by atoms with van der Waals surface area (Å²) in [4.78, 5) is 34.9. The average molecular weight is 310 g/mol. The highest BCUT2D eigenvalue weighted by Gasteiger charge is 2.19. The number of carbonyl (C=O) groups is 2. The first-order valence-corrected chi connectivity index (χ1v) is 7.20. The maximum Gasteiger partial charge on any atom is 0.326 e. The lowest BCUT2D eigenvalue weighted by atomic mass is 10.2. The summed E-state index contributed by atoms with van der Waals surface area (Å²) in [5.41, 5.74) is -0.562. The van der Waals surface area contributed by atoms with E-state index in [2.05, 4.69) is 5.32 Å². The molecule has 0 saturated heterocycles. The molecule has 7 heteroatoms. The van der Waals surface area contributed by atoms with Gasteiger partial charge in [0.15, 0.2) is 12.4 Å². The minimum atomic E-state index is -1.09. The zero-order valence-electron chi connectivity index (χ0n) is 13.0. The molecule has 0 aliphatic rings. The molecule has 7 nitrogen and oxygen atoms in total. The number of carboxylic acid groups (broad SMARTS) is 1. The van der Waals surface area contributed by atoms with Crippen molar-refractivity contribution in [2.75, 3.05) is 13.2 Å². The smallest absolute Gasteiger partial charge is 0.326 e. The summed E-state index contributed by atoms with van der Waals surface area (Å²) in [6.45, 7) is 5.85. The van der Waals surface area contributed by atoms with Crippen molar-refractivity contribution in [1.29, 1.82) is 0 Å². The van der Waals surface area contributed by atoms with Gasteiger partial charge in [-0.3, -0.25) is 14.2 Å². The number of pyridine rings is 1. The first-order chi connectivity index (χ1) is 10.4. The molecule has 1 heterocycles. The van der Waals surface area contributed by atoms with Crippen LogP contribution in [-0.4, -0.2) is 34.7 Å². The molecule has 0 aromatic carbocycles. The van der Waals surface area contributed by atoms with Crippen LogP contribution in [0.3, 0.4) is 0 Å². The van der Waals surface area contributed by atoms with Gasteiger partial charge in [0.05, 0.1) is 0 Å². The molecular weight excluding hydrogens is 288 g/mol. The lowest BCUT2D eigenvalue weighted by molar-refractivity contribution is -0.141. The van der Waals surface area contributed by atoms with Crippen molar-refractivity contribution in [1.82, 2.24) is 9.88 Å². The van der Waals surface area contributed by atoms with E-state index in [4.69, 9.17) is 9.84 Å². The topological polar surface area (TPSA) is 97.6 Å². The summed E-state index contributed by atoms with van der Waals surface area (Å²) in [7, 11) is 0. The normalized spacial score (nSPS) is 12.0. The quantitative estimate of drug-likeness (QED) is 0.747. The zero-order valence-corrected chi connectivity index (χ0v) is 13.0. The van der Waals surface area contributed by atoms with Gasteiger partial charge in [-0.25, -0.2) is 4.79 Å². The highest BCUT2D eigenvalue weighted by molar-refractivity contribution is 5.77. The molecule has 0 radical (unpaired) electrons. The van der Waals surface area contributed by atoms with E-state index in [-0.39, 0.29) is 24.7 Å². The van der Waals surface area contributed by atoms with Crippen LogP contribution in [0.25, 0.3) is 0 Å². The highest BCUT2D eigenvalue weighted by Crippen LogP contribution is 2.11. The summed E-state index contributed by atoms with van der Waals surface area (Å²) >= 11 is 0. The van der Waals surface area contributed by atoms with E-state index in [1.54, 1.807) is 6.92 Å². The summed E-state index contributed by atoms with van der Waals surface area (Å²) in [6, 6.07) is 1.99. The molecule has 1 unspecified atom stereocenters. The molecule has 22 heavy (non-hydrogen) atoms. The molecule has 0 fully saturated rings. The van der Waals surface area contributed by atoms with Crippen LogP contribution < -0.4 is 15.6 Å². The van der Waals surface area contributed by atoms with E-state index >= 15 is 0 Å². The van der Waals surface area contributed by atoms with Crippen molar-refractivity contribution < 1.29 is 19.4 Å². The fourth-order valence-corrected chi connectivity index (χ4v) is 1.85. The molecule has 0 spiro atoms. The number of rotatable bonds is 8. The second kappa shape index (κ2) is 8.21. The predicted octanol–water partition coefficient (Wildman–Crippen LogP) is 1.03. The number of hydrogen-bond acceptors (Lipinski definition) is 4. The van der Waals surface area contributed by atoms with Gasteiger partial charge < -0.3 is 15.2 Å². The number of carbonyl (C=O) groups excluding carboxylic acids is 1. The van der Waals surface area contributed by atoms with Crippen LogP contribution in [0, 0.1) is 5.92 Å². The number of amides is 1. The zero-order chi connectivity index (χ0) is 16.7. The Balaban J connectivity index is 2.79. The highest BCUT2D eigenvalue weighted by atomic mass is 16.5. The van der Waals surface area contributed by atoms with E-state index in [1.807, 2.05) is 13.8 Å². The largest absolute Gasteiger partial charge is 0.480 e. The van der Waals surface area contributed by atoms with Gasteiger partial charge in [-0.1, -0.05) is 20.8 Å².